The fraction of sp³-hybridized carbons (Fsp3) is 0.619. The summed E-state index contributed by atoms with van der Waals surface area (Å²) in [6, 6.07) is 11.8. The van der Waals surface area contributed by atoms with E-state index in [1.54, 1.807) is 0 Å². The van der Waals surface area contributed by atoms with Crippen molar-refractivity contribution in [3.8, 4) is 0 Å². The quantitative estimate of drug-likeness (QED) is 0.785. The third kappa shape index (κ3) is 5.37. The maximum absolute atomic E-state index is 8.36. The lowest BCUT2D eigenvalue weighted by atomic mass is 9.94. The fourth-order valence-electron chi connectivity index (χ4n) is 4.36. The molecule has 4 rings (SSSR count). The van der Waals surface area contributed by atoms with Crippen molar-refractivity contribution in [2.24, 2.45) is 4.99 Å². The molecule has 0 bridgehead atoms. The van der Waals surface area contributed by atoms with E-state index in [2.05, 4.69) is 45.7 Å². The number of carbonyl (C=O) groups is 1. The second kappa shape index (κ2) is 10.2. The first-order valence-electron chi connectivity index (χ1n) is 10.3. The molecule has 2 saturated carbocycles. The fourth-order valence-corrected chi connectivity index (χ4v) is 4.36. The molecule has 0 radical (unpaired) electrons. The Morgan fingerprint density at radius 2 is 1.56 bits per heavy atom. The molecule has 148 valence electrons. The molecule has 0 amide bonds. The van der Waals surface area contributed by atoms with Crippen LogP contribution in [0, 0.1) is 0 Å². The summed E-state index contributed by atoms with van der Waals surface area (Å²) in [5.74, 6) is 1.12. The van der Waals surface area contributed by atoms with Crippen LogP contribution in [0.5, 0.6) is 0 Å². The summed E-state index contributed by atoms with van der Waals surface area (Å²) in [5.41, 5.74) is 4.84. The molecule has 2 aliphatic carbocycles. The third-order valence-electron chi connectivity index (χ3n) is 5.76. The average Bonchev–Trinajstić information content (AvgIpc) is 3.14. The van der Waals surface area contributed by atoms with Crippen LogP contribution in [0.3, 0.4) is 0 Å². The molecule has 1 aromatic rings. The summed E-state index contributed by atoms with van der Waals surface area (Å²) in [5, 5.41) is 9.15. The Hall–Kier alpha value is -2.24. The summed E-state index contributed by atoms with van der Waals surface area (Å²) in [7, 11) is 0. The summed E-state index contributed by atoms with van der Waals surface area (Å²) >= 11 is 0. The minimum atomic E-state index is -0.250. The maximum Gasteiger partial charge on any atom is 0.290 e. The smallest absolute Gasteiger partial charge is 0.290 e. The molecule has 6 heteroatoms. The van der Waals surface area contributed by atoms with Crippen LogP contribution < -0.4 is 10.4 Å². The van der Waals surface area contributed by atoms with Crippen molar-refractivity contribution in [1.29, 1.82) is 0 Å². The second-order valence-electron chi connectivity index (χ2n) is 7.63. The van der Waals surface area contributed by atoms with E-state index >= 15 is 0 Å². The van der Waals surface area contributed by atoms with Gasteiger partial charge in [0.2, 0.25) is 5.96 Å². The number of guanidine groups is 1. The van der Waals surface area contributed by atoms with E-state index in [1.165, 1.54) is 69.9 Å². The first-order valence-corrected chi connectivity index (χ1v) is 10.3. The highest BCUT2D eigenvalue weighted by atomic mass is 16.3. The second-order valence-corrected chi connectivity index (χ2v) is 7.63. The number of aliphatic imine (C=N–C) groups is 1. The molecular weight excluding hydrogens is 340 g/mol. The number of benzene rings is 1. The Morgan fingerprint density at radius 1 is 0.963 bits per heavy atom. The van der Waals surface area contributed by atoms with Crippen molar-refractivity contribution in [3.05, 3.63) is 30.3 Å². The number of hydrogen-bond donors (Lipinski definition) is 2. The zero-order valence-corrected chi connectivity index (χ0v) is 16.1. The van der Waals surface area contributed by atoms with E-state index in [-0.39, 0.29) is 6.47 Å². The van der Waals surface area contributed by atoms with Gasteiger partial charge in [-0.25, -0.2) is 4.99 Å². The number of para-hydroxylation sites is 1. The number of rotatable bonds is 3. The maximum atomic E-state index is 8.36. The highest BCUT2D eigenvalue weighted by Crippen LogP contribution is 2.28. The van der Waals surface area contributed by atoms with Gasteiger partial charge in [-0.1, -0.05) is 56.7 Å². The Kier molecular flexibility index (Phi) is 7.36. The SMILES string of the molecule is O=CO.c1ccc(N2CN(C3CCCCC3)C(=NC3CCCCC3)N2)cc1. The van der Waals surface area contributed by atoms with Gasteiger partial charge in [-0.05, 0) is 37.8 Å². The van der Waals surface area contributed by atoms with Crippen LogP contribution in [0.1, 0.15) is 64.2 Å². The molecule has 3 fully saturated rings. The number of hydrazine groups is 1. The van der Waals surface area contributed by atoms with Gasteiger partial charge < -0.3 is 10.0 Å². The lowest BCUT2D eigenvalue weighted by Crippen LogP contribution is -2.41. The Morgan fingerprint density at radius 3 is 2.19 bits per heavy atom. The van der Waals surface area contributed by atoms with Gasteiger partial charge in [-0.15, -0.1) is 0 Å². The average molecular weight is 373 g/mol. The Balaban J connectivity index is 0.000000659. The van der Waals surface area contributed by atoms with Gasteiger partial charge >= 0.3 is 0 Å². The summed E-state index contributed by atoms with van der Waals surface area (Å²) in [4.78, 5) is 16.1. The third-order valence-corrected chi connectivity index (χ3v) is 5.76. The number of hydrogen-bond acceptors (Lipinski definition) is 3. The molecule has 1 saturated heterocycles. The van der Waals surface area contributed by atoms with Crippen LogP contribution in [0.2, 0.25) is 0 Å². The normalized spacial score (nSPS) is 22.9. The molecule has 1 heterocycles. The topological polar surface area (TPSA) is 68.2 Å². The Labute approximate surface area is 162 Å². The first-order chi connectivity index (χ1) is 13.3. The van der Waals surface area contributed by atoms with Crippen LogP contribution in [-0.4, -0.2) is 41.2 Å². The molecule has 27 heavy (non-hydrogen) atoms. The number of anilines is 1. The molecule has 3 aliphatic rings. The molecule has 0 unspecified atom stereocenters. The number of nitrogens with one attached hydrogen (secondary N) is 1. The van der Waals surface area contributed by atoms with Crippen molar-refractivity contribution in [2.45, 2.75) is 76.3 Å². The van der Waals surface area contributed by atoms with Crippen LogP contribution in [0.4, 0.5) is 5.69 Å². The van der Waals surface area contributed by atoms with Gasteiger partial charge in [-0.3, -0.25) is 15.2 Å². The van der Waals surface area contributed by atoms with Crippen LogP contribution in [-0.2, 0) is 4.79 Å². The summed E-state index contributed by atoms with van der Waals surface area (Å²) < 4.78 is 0. The van der Waals surface area contributed by atoms with Gasteiger partial charge in [0.1, 0.15) is 6.67 Å². The monoisotopic (exact) mass is 372 g/mol. The van der Waals surface area contributed by atoms with Crippen LogP contribution in [0.15, 0.2) is 35.3 Å². The zero-order chi connectivity index (χ0) is 18.9. The van der Waals surface area contributed by atoms with Crippen LogP contribution >= 0.6 is 0 Å². The van der Waals surface area contributed by atoms with Gasteiger partial charge in [0.05, 0.1) is 11.7 Å². The van der Waals surface area contributed by atoms with Crippen molar-refractivity contribution in [1.82, 2.24) is 10.3 Å². The molecular formula is C21H32N4O2. The summed E-state index contributed by atoms with van der Waals surface area (Å²) in [6.45, 7) is 0.667. The molecule has 0 spiro atoms. The molecule has 6 nitrogen and oxygen atoms in total. The van der Waals surface area contributed by atoms with E-state index in [4.69, 9.17) is 14.9 Å². The zero-order valence-electron chi connectivity index (χ0n) is 16.1. The molecule has 1 aromatic carbocycles. The number of nitrogens with zero attached hydrogens (tertiary/aromatic N) is 3. The van der Waals surface area contributed by atoms with E-state index in [0.29, 0.717) is 12.1 Å². The highest BCUT2D eigenvalue weighted by Gasteiger charge is 2.32. The molecule has 2 N–H and O–H groups in total. The van der Waals surface area contributed by atoms with Crippen LogP contribution in [0.25, 0.3) is 0 Å². The lowest BCUT2D eigenvalue weighted by molar-refractivity contribution is -0.122. The van der Waals surface area contributed by atoms with Gasteiger partial charge in [0.25, 0.3) is 6.47 Å². The standard InChI is InChI=1S/C20H30N4.CH2O2/c1-4-10-17(11-5-1)21-20-22-24(19-14-8-3-9-15-19)16-23(20)18-12-6-2-7-13-18;2-1-3/h3,8-9,14-15,17-18H,1-2,4-7,10-13,16H2,(H,21,22);1H,(H,2,3). The van der Waals surface area contributed by atoms with Gasteiger partial charge in [0, 0.05) is 6.04 Å². The lowest BCUT2D eigenvalue weighted by Gasteiger charge is -2.32. The van der Waals surface area contributed by atoms with Gasteiger partial charge in [0.15, 0.2) is 0 Å². The highest BCUT2D eigenvalue weighted by molar-refractivity contribution is 5.85. The first kappa shape index (κ1) is 19.5. The Bertz CT molecular complexity index is 595. The van der Waals surface area contributed by atoms with Crippen molar-refractivity contribution < 1.29 is 9.90 Å². The predicted molar refractivity (Wildman–Crippen MR) is 109 cm³/mol. The minimum absolute atomic E-state index is 0.250. The van der Waals surface area contributed by atoms with Crippen molar-refractivity contribution in [3.63, 3.8) is 0 Å². The van der Waals surface area contributed by atoms with E-state index in [0.717, 1.165) is 12.6 Å². The van der Waals surface area contributed by atoms with Gasteiger partial charge in [-0.2, -0.15) is 0 Å². The number of carboxylic acid groups (broad SMARTS) is 1. The minimum Gasteiger partial charge on any atom is -0.483 e. The van der Waals surface area contributed by atoms with Crippen molar-refractivity contribution >= 4 is 18.1 Å². The predicted octanol–water partition coefficient (Wildman–Crippen LogP) is 3.99. The molecule has 0 atom stereocenters. The molecule has 0 aromatic heterocycles. The van der Waals surface area contributed by atoms with Crippen molar-refractivity contribution in [2.75, 3.05) is 11.7 Å². The van der Waals surface area contributed by atoms with E-state index < -0.39 is 0 Å². The molecule has 1 aliphatic heterocycles. The van der Waals surface area contributed by atoms with E-state index in [9.17, 15) is 0 Å². The van der Waals surface area contributed by atoms with E-state index in [1.807, 2.05) is 0 Å². The largest absolute Gasteiger partial charge is 0.483 e. The summed E-state index contributed by atoms with van der Waals surface area (Å²) in [6.07, 6.45) is 13.3.